The van der Waals surface area contributed by atoms with Crippen LogP contribution in [0, 0.1) is 0 Å². The number of pyridine rings is 2. The van der Waals surface area contributed by atoms with Crippen LogP contribution < -0.4 is 10.9 Å². The zero-order chi connectivity index (χ0) is 21.6. The van der Waals surface area contributed by atoms with Crippen LogP contribution in [-0.4, -0.2) is 27.2 Å². The van der Waals surface area contributed by atoms with Crippen LogP contribution in [0.1, 0.15) is 34.6 Å². The predicted octanol–water partition coefficient (Wildman–Crippen LogP) is 3.46. The largest absolute Gasteiger partial charge is 0.506 e. The molecule has 1 aliphatic rings. The van der Waals surface area contributed by atoms with Crippen LogP contribution in [-0.2, 0) is 17.5 Å². The molecule has 1 aliphatic heterocycles. The molecule has 0 radical (unpaired) electrons. The maximum atomic E-state index is 13.0. The third-order valence-corrected chi connectivity index (χ3v) is 4.91. The lowest BCUT2D eigenvalue weighted by atomic mass is 10.0. The number of hydrogen-bond acceptors (Lipinski definition) is 6. The zero-order valence-corrected chi connectivity index (χ0v) is 15.7. The first-order chi connectivity index (χ1) is 14.2. The summed E-state index contributed by atoms with van der Waals surface area (Å²) in [5.41, 5.74) is -0.917. The van der Waals surface area contributed by atoms with Gasteiger partial charge in [-0.3, -0.25) is 9.78 Å². The van der Waals surface area contributed by atoms with E-state index in [1.807, 2.05) is 0 Å². The van der Waals surface area contributed by atoms with Crippen LogP contribution in [0.5, 0.6) is 5.75 Å². The lowest BCUT2D eigenvalue weighted by Gasteiger charge is -2.29. The third-order valence-electron chi connectivity index (χ3n) is 4.91. The van der Waals surface area contributed by atoms with E-state index in [1.165, 1.54) is 10.6 Å². The van der Waals surface area contributed by atoms with Gasteiger partial charge in [0.2, 0.25) is 0 Å². The number of nitrogens with one attached hydrogen (secondary N) is 1. The Balaban J connectivity index is 1.83. The topological polar surface area (TPSA) is 93.5 Å². The molecule has 30 heavy (non-hydrogen) atoms. The predicted molar refractivity (Wildman–Crippen MR) is 101 cm³/mol. The summed E-state index contributed by atoms with van der Waals surface area (Å²) in [5, 5.41) is 14.0. The minimum absolute atomic E-state index is 0.0199. The van der Waals surface area contributed by atoms with E-state index in [1.54, 1.807) is 25.1 Å². The van der Waals surface area contributed by atoms with E-state index < -0.39 is 40.8 Å². The van der Waals surface area contributed by atoms with Crippen molar-refractivity contribution in [2.24, 2.45) is 0 Å². The fraction of sp³-hybridized carbons (Fsp3) is 0.250. The smallest absolute Gasteiger partial charge is 0.433 e. The number of carbonyl (C=O) groups excluding carboxylic acids is 1. The molecule has 10 heteroatoms. The molecule has 1 aromatic carbocycles. The van der Waals surface area contributed by atoms with Crippen LogP contribution in [0.25, 0.3) is 10.9 Å². The number of aromatic hydroxyl groups is 1. The summed E-state index contributed by atoms with van der Waals surface area (Å²) in [5.74, 6) is -1.41. The van der Waals surface area contributed by atoms with E-state index in [-0.39, 0.29) is 18.5 Å². The summed E-state index contributed by atoms with van der Waals surface area (Å²) in [6, 6.07) is 6.45. The van der Waals surface area contributed by atoms with E-state index in [0.717, 1.165) is 12.3 Å². The van der Waals surface area contributed by atoms with Gasteiger partial charge in [-0.1, -0.05) is 12.1 Å². The highest BCUT2D eigenvalue weighted by molar-refractivity contribution is 6.03. The fourth-order valence-corrected chi connectivity index (χ4v) is 3.56. The molecule has 3 aromatic rings. The van der Waals surface area contributed by atoms with E-state index in [9.17, 15) is 27.9 Å². The Morgan fingerprint density at radius 2 is 2.10 bits per heavy atom. The van der Waals surface area contributed by atoms with Crippen LogP contribution in [0.3, 0.4) is 0 Å². The van der Waals surface area contributed by atoms with Gasteiger partial charge in [0.05, 0.1) is 30.4 Å². The number of benzene rings is 1. The number of rotatable bonds is 3. The SMILES string of the molecule is CCOC(=O)c1c(O)c2cccc3c2n(c1=O)CC(c1ccc(C(F)(F)F)nc1)N3. The molecule has 2 aromatic heterocycles. The minimum atomic E-state index is -4.56. The lowest BCUT2D eigenvalue weighted by molar-refractivity contribution is -0.141. The van der Waals surface area contributed by atoms with Crippen molar-refractivity contribution in [2.45, 2.75) is 25.7 Å². The summed E-state index contributed by atoms with van der Waals surface area (Å²) >= 11 is 0. The van der Waals surface area contributed by atoms with Gasteiger partial charge in [-0.15, -0.1) is 0 Å². The number of para-hydroxylation sites is 1. The molecule has 0 bridgehead atoms. The molecule has 0 amide bonds. The molecule has 0 saturated carbocycles. The Bertz CT molecular complexity index is 1200. The average molecular weight is 419 g/mol. The van der Waals surface area contributed by atoms with Gasteiger partial charge in [0.15, 0.2) is 5.56 Å². The molecular weight excluding hydrogens is 403 g/mol. The number of alkyl halides is 3. The number of anilines is 1. The van der Waals surface area contributed by atoms with Crippen molar-refractivity contribution in [1.82, 2.24) is 9.55 Å². The molecule has 156 valence electrons. The lowest BCUT2D eigenvalue weighted by Crippen LogP contribution is -2.34. The average Bonchev–Trinajstić information content (AvgIpc) is 2.71. The minimum Gasteiger partial charge on any atom is -0.506 e. The van der Waals surface area contributed by atoms with Crippen LogP contribution in [0.4, 0.5) is 18.9 Å². The molecule has 0 aliphatic carbocycles. The second kappa shape index (κ2) is 7.05. The van der Waals surface area contributed by atoms with Crippen molar-refractivity contribution in [1.29, 1.82) is 0 Å². The molecular formula is C20H16F3N3O4. The molecule has 0 saturated heterocycles. The molecule has 0 spiro atoms. The van der Waals surface area contributed by atoms with Crippen molar-refractivity contribution in [3.8, 4) is 5.75 Å². The van der Waals surface area contributed by atoms with Gasteiger partial charge < -0.3 is 19.7 Å². The molecule has 7 nitrogen and oxygen atoms in total. The number of carbonyl (C=O) groups is 1. The highest BCUT2D eigenvalue weighted by Gasteiger charge is 2.33. The summed E-state index contributed by atoms with van der Waals surface area (Å²) in [4.78, 5) is 28.7. The van der Waals surface area contributed by atoms with Crippen molar-refractivity contribution >= 4 is 22.6 Å². The molecule has 1 unspecified atom stereocenters. The van der Waals surface area contributed by atoms with Gasteiger partial charge in [-0.2, -0.15) is 13.2 Å². The van der Waals surface area contributed by atoms with Crippen molar-refractivity contribution in [3.05, 3.63) is 63.7 Å². The Labute approximate surface area is 167 Å². The number of aromatic nitrogens is 2. The molecule has 3 heterocycles. The first-order valence-electron chi connectivity index (χ1n) is 9.07. The summed E-state index contributed by atoms with van der Waals surface area (Å²) in [7, 11) is 0. The third kappa shape index (κ3) is 3.14. The second-order valence-corrected chi connectivity index (χ2v) is 6.73. The standard InChI is InChI=1S/C20H16F3N3O4/c1-2-30-19(29)15-17(27)11-4-3-5-12-16(11)26(18(15)28)9-13(25-12)10-6-7-14(24-8-10)20(21,22)23/h3-8,13,25,27H,2,9H2,1H3. The first kappa shape index (κ1) is 19.7. The Hall–Kier alpha value is -3.56. The Kier molecular flexibility index (Phi) is 4.64. The number of halogens is 3. The van der Waals surface area contributed by atoms with E-state index in [4.69, 9.17) is 4.74 Å². The highest BCUT2D eigenvalue weighted by atomic mass is 19.4. The fourth-order valence-electron chi connectivity index (χ4n) is 3.56. The van der Waals surface area contributed by atoms with Crippen LogP contribution in [0.2, 0.25) is 0 Å². The van der Waals surface area contributed by atoms with Crippen LogP contribution in [0.15, 0.2) is 41.3 Å². The van der Waals surface area contributed by atoms with E-state index in [2.05, 4.69) is 10.3 Å². The van der Waals surface area contributed by atoms with Crippen molar-refractivity contribution in [3.63, 3.8) is 0 Å². The van der Waals surface area contributed by atoms with E-state index >= 15 is 0 Å². The monoisotopic (exact) mass is 419 g/mol. The molecule has 1 atom stereocenters. The molecule has 4 rings (SSSR count). The number of hydrogen-bond donors (Lipinski definition) is 2. The van der Waals surface area contributed by atoms with Gasteiger partial charge in [0.1, 0.15) is 11.4 Å². The maximum absolute atomic E-state index is 13.0. The maximum Gasteiger partial charge on any atom is 0.433 e. The molecule has 0 fully saturated rings. The number of nitrogens with zero attached hydrogens (tertiary/aromatic N) is 2. The number of ether oxygens (including phenoxy) is 1. The van der Waals surface area contributed by atoms with Gasteiger partial charge >= 0.3 is 12.1 Å². The number of esters is 1. The first-order valence-corrected chi connectivity index (χ1v) is 9.07. The normalized spacial score (nSPS) is 15.7. The van der Waals surface area contributed by atoms with Crippen molar-refractivity contribution in [2.75, 3.05) is 11.9 Å². The second-order valence-electron chi connectivity index (χ2n) is 6.73. The zero-order valence-electron chi connectivity index (χ0n) is 15.7. The quantitative estimate of drug-likeness (QED) is 0.632. The Morgan fingerprint density at radius 1 is 1.33 bits per heavy atom. The summed E-state index contributed by atoms with van der Waals surface area (Å²) in [6.45, 7) is 1.62. The van der Waals surface area contributed by atoms with Gasteiger partial charge in [0.25, 0.3) is 5.56 Å². The molecule has 2 N–H and O–H groups in total. The van der Waals surface area contributed by atoms with Gasteiger partial charge in [-0.25, -0.2) is 4.79 Å². The summed E-state index contributed by atoms with van der Waals surface area (Å²) < 4.78 is 44.6. The van der Waals surface area contributed by atoms with Crippen molar-refractivity contribution < 1.29 is 27.8 Å². The van der Waals surface area contributed by atoms with Gasteiger partial charge in [-0.05, 0) is 30.7 Å². The van der Waals surface area contributed by atoms with Gasteiger partial charge in [0, 0.05) is 11.6 Å². The Morgan fingerprint density at radius 3 is 2.73 bits per heavy atom. The van der Waals surface area contributed by atoms with Crippen LogP contribution >= 0.6 is 0 Å². The highest BCUT2D eigenvalue weighted by Crippen LogP contribution is 2.37. The van der Waals surface area contributed by atoms with E-state index in [0.29, 0.717) is 16.8 Å². The summed E-state index contributed by atoms with van der Waals surface area (Å²) in [6.07, 6.45) is -3.46.